The van der Waals surface area contributed by atoms with Crippen molar-refractivity contribution >= 4 is 5.91 Å². The van der Waals surface area contributed by atoms with Gasteiger partial charge in [-0.05, 0) is 46.6 Å². The molecule has 1 aliphatic heterocycles. The number of hydrogen-bond donors (Lipinski definition) is 0. The summed E-state index contributed by atoms with van der Waals surface area (Å²) in [6, 6.07) is 1.82. The molecule has 1 fully saturated rings. The number of nitrogens with zero attached hydrogens (tertiary/aromatic N) is 5. The average Bonchev–Trinajstić information content (AvgIpc) is 2.69. The number of hydrogen-bond acceptors (Lipinski definition) is 6. The molecule has 2 aromatic heterocycles. The van der Waals surface area contributed by atoms with Crippen LogP contribution in [0, 0.1) is 20.8 Å². The third-order valence-electron chi connectivity index (χ3n) is 5.28. The maximum Gasteiger partial charge on any atom is 0.348 e. The van der Waals surface area contributed by atoms with Gasteiger partial charge in [0.1, 0.15) is 12.4 Å². The Bertz CT molecular complexity index is 940. The number of carbonyl (C=O) groups excluding carboxylic acids is 1. The molecule has 29 heavy (non-hydrogen) atoms. The molecule has 1 amide bonds. The van der Waals surface area contributed by atoms with E-state index >= 15 is 0 Å². The van der Waals surface area contributed by atoms with Crippen LogP contribution in [0.2, 0.25) is 0 Å². The Hall–Kier alpha value is -2.61. The predicted octanol–water partition coefficient (Wildman–Crippen LogP) is 1.90. The van der Waals surface area contributed by atoms with E-state index in [1.165, 1.54) is 4.57 Å². The molecule has 3 rings (SSSR count). The first-order valence-electron chi connectivity index (χ1n) is 10.1. The molecule has 1 saturated heterocycles. The zero-order valence-electron chi connectivity index (χ0n) is 17.6. The first-order chi connectivity index (χ1) is 13.9. The minimum absolute atomic E-state index is 0.0132. The Morgan fingerprint density at radius 2 is 2.07 bits per heavy atom. The van der Waals surface area contributed by atoms with Gasteiger partial charge in [-0.15, -0.1) is 0 Å². The number of aromatic nitrogens is 4. The molecule has 0 N–H and O–H groups in total. The molecule has 3 heterocycles. The summed E-state index contributed by atoms with van der Waals surface area (Å²) in [6.45, 7) is 9.82. The summed E-state index contributed by atoms with van der Waals surface area (Å²) < 4.78 is 7.01. The minimum atomic E-state index is -0.380. The summed E-state index contributed by atoms with van der Waals surface area (Å²) in [4.78, 5) is 39.9. The van der Waals surface area contributed by atoms with Crippen molar-refractivity contribution in [2.45, 2.75) is 59.6 Å². The minimum Gasteiger partial charge on any atom is -0.377 e. The van der Waals surface area contributed by atoms with E-state index in [0.29, 0.717) is 32.0 Å². The predicted molar refractivity (Wildman–Crippen MR) is 109 cm³/mol. The number of aryl methyl sites for hydroxylation is 3. The van der Waals surface area contributed by atoms with E-state index in [-0.39, 0.29) is 24.1 Å². The van der Waals surface area contributed by atoms with Crippen LogP contribution in [0.3, 0.4) is 0 Å². The van der Waals surface area contributed by atoms with Crippen LogP contribution in [0.15, 0.2) is 17.1 Å². The molecule has 0 aliphatic carbocycles. The lowest BCUT2D eigenvalue weighted by Crippen LogP contribution is -2.43. The van der Waals surface area contributed by atoms with Crippen LogP contribution < -0.4 is 5.69 Å². The molecular formula is C21H29N5O3. The second-order valence-electron chi connectivity index (χ2n) is 7.55. The Morgan fingerprint density at radius 3 is 2.79 bits per heavy atom. The highest BCUT2D eigenvalue weighted by molar-refractivity contribution is 5.76. The van der Waals surface area contributed by atoms with Crippen molar-refractivity contribution < 1.29 is 9.53 Å². The molecule has 2 aromatic rings. The largest absolute Gasteiger partial charge is 0.377 e. The Kier molecular flexibility index (Phi) is 6.74. The van der Waals surface area contributed by atoms with E-state index in [2.05, 4.69) is 15.0 Å². The quantitative estimate of drug-likeness (QED) is 0.737. The molecule has 1 unspecified atom stereocenters. The van der Waals surface area contributed by atoms with E-state index in [4.69, 9.17) is 4.74 Å². The fourth-order valence-corrected chi connectivity index (χ4v) is 3.82. The Labute approximate surface area is 171 Å². The molecule has 156 valence electrons. The van der Waals surface area contributed by atoms with Crippen molar-refractivity contribution in [3.8, 4) is 0 Å². The SMILES string of the molecule is CCOCc1cnc(C)nc1C1CCCN(C(=O)Cn2c(C)cc(C)nc2=O)C1. The zero-order chi connectivity index (χ0) is 21.0. The van der Waals surface area contributed by atoms with Gasteiger partial charge in [0.15, 0.2) is 0 Å². The maximum atomic E-state index is 12.9. The second-order valence-corrected chi connectivity index (χ2v) is 7.55. The van der Waals surface area contributed by atoms with Gasteiger partial charge in [0, 0.05) is 48.8 Å². The molecule has 0 spiro atoms. The Balaban J connectivity index is 1.77. The number of amides is 1. The molecule has 8 heteroatoms. The number of piperidine rings is 1. The summed E-state index contributed by atoms with van der Waals surface area (Å²) in [5, 5.41) is 0. The number of likely N-dealkylation sites (tertiary alicyclic amines) is 1. The van der Waals surface area contributed by atoms with Crippen molar-refractivity contribution in [2.24, 2.45) is 0 Å². The van der Waals surface area contributed by atoms with E-state index in [0.717, 1.165) is 35.6 Å². The van der Waals surface area contributed by atoms with Gasteiger partial charge in [-0.25, -0.2) is 14.8 Å². The standard InChI is InChI=1S/C21H29N5O3/c1-5-29-13-18-10-22-16(4)24-20(18)17-7-6-8-25(11-17)19(27)12-26-15(3)9-14(2)23-21(26)28/h9-10,17H,5-8,11-13H2,1-4H3. The van der Waals surface area contributed by atoms with Crippen LogP contribution in [0.5, 0.6) is 0 Å². The number of carbonyl (C=O) groups is 1. The van der Waals surface area contributed by atoms with Gasteiger partial charge in [0.25, 0.3) is 0 Å². The van der Waals surface area contributed by atoms with Gasteiger partial charge in [-0.3, -0.25) is 9.36 Å². The smallest absolute Gasteiger partial charge is 0.348 e. The van der Waals surface area contributed by atoms with Crippen molar-refractivity contribution in [2.75, 3.05) is 19.7 Å². The van der Waals surface area contributed by atoms with Crippen LogP contribution in [0.4, 0.5) is 0 Å². The molecule has 0 radical (unpaired) electrons. The third kappa shape index (κ3) is 5.06. The van der Waals surface area contributed by atoms with Crippen molar-refractivity contribution in [3.05, 3.63) is 51.2 Å². The molecule has 0 aromatic carbocycles. The van der Waals surface area contributed by atoms with Crippen LogP contribution in [0.1, 0.15) is 54.2 Å². The van der Waals surface area contributed by atoms with Gasteiger partial charge in [0.05, 0.1) is 12.3 Å². The average molecular weight is 399 g/mol. The Morgan fingerprint density at radius 1 is 1.28 bits per heavy atom. The summed E-state index contributed by atoms with van der Waals surface area (Å²) in [6.07, 6.45) is 3.69. The maximum absolute atomic E-state index is 12.9. The van der Waals surface area contributed by atoms with Crippen LogP contribution in [0.25, 0.3) is 0 Å². The fourth-order valence-electron chi connectivity index (χ4n) is 3.82. The van der Waals surface area contributed by atoms with Crippen molar-refractivity contribution in [3.63, 3.8) is 0 Å². The molecule has 1 aliphatic rings. The van der Waals surface area contributed by atoms with Gasteiger partial charge < -0.3 is 9.64 Å². The summed E-state index contributed by atoms with van der Waals surface area (Å²) in [5.74, 6) is 0.790. The molecule has 0 saturated carbocycles. The zero-order valence-corrected chi connectivity index (χ0v) is 17.6. The molecule has 0 bridgehead atoms. The third-order valence-corrected chi connectivity index (χ3v) is 5.28. The highest BCUT2D eigenvalue weighted by Gasteiger charge is 2.28. The van der Waals surface area contributed by atoms with Crippen molar-refractivity contribution in [1.82, 2.24) is 24.4 Å². The van der Waals surface area contributed by atoms with Crippen molar-refractivity contribution in [1.29, 1.82) is 0 Å². The molecule has 8 nitrogen and oxygen atoms in total. The lowest BCUT2D eigenvalue weighted by Gasteiger charge is -2.33. The van der Waals surface area contributed by atoms with Crippen LogP contribution in [-0.4, -0.2) is 50.0 Å². The van der Waals surface area contributed by atoms with Crippen LogP contribution >= 0.6 is 0 Å². The van der Waals surface area contributed by atoms with Gasteiger partial charge in [-0.1, -0.05) is 0 Å². The monoisotopic (exact) mass is 399 g/mol. The van der Waals surface area contributed by atoms with Crippen LogP contribution in [-0.2, 0) is 22.7 Å². The van der Waals surface area contributed by atoms with Gasteiger partial charge in [-0.2, -0.15) is 4.98 Å². The highest BCUT2D eigenvalue weighted by atomic mass is 16.5. The topological polar surface area (TPSA) is 90.2 Å². The van der Waals surface area contributed by atoms with E-state index in [1.54, 1.807) is 6.92 Å². The van der Waals surface area contributed by atoms with E-state index in [1.807, 2.05) is 37.9 Å². The summed E-state index contributed by atoms with van der Waals surface area (Å²) >= 11 is 0. The second kappa shape index (κ2) is 9.26. The van der Waals surface area contributed by atoms with Gasteiger partial charge in [0.2, 0.25) is 5.91 Å². The highest BCUT2D eigenvalue weighted by Crippen LogP contribution is 2.28. The number of rotatable bonds is 6. The number of ether oxygens (including phenoxy) is 1. The summed E-state index contributed by atoms with van der Waals surface area (Å²) in [5.41, 5.74) is 2.97. The first kappa shape index (κ1) is 21.1. The lowest BCUT2D eigenvalue weighted by molar-refractivity contribution is -0.133. The first-order valence-corrected chi connectivity index (χ1v) is 10.1. The lowest BCUT2D eigenvalue weighted by atomic mass is 9.92. The normalized spacial score (nSPS) is 16.8. The van der Waals surface area contributed by atoms with E-state index in [9.17, 15) is 9.59 Å². The van der Waals surface area contributed by atoms with E-state index < -0.39 is 0 Å². The fraction of sp³-hybridized carbons (Fsp3) is 0.571. The summed E-state index contributed by atoms with van der Waals surface area (Å²) in [7, 11) is 0. The molecular weight excluding hydrogens is 370 g/mol. The molecule has 1 atom stereocenters. The van der Waals surface area contributed by atoms with Gasteiger partial charge >= 0.3 is 5.69 Å².